The van der Waals surface area contributed by atoms with Gasteiger partial charge in [0.1, 0.15) is 6.04 Å². The Morgan fingerprint density at radius 3 is 2.12 bits per heavy atom. The molecular formula is C18H13F3N2O3. The highest BCUT2D eigenvalue weighted by Gasteiger charge is 2.40. The lowest BCUT2D eigenvalue weighted by Crippen LogP contribution is -2.45. The van der Waals surface area contributed by atoms with Crippen LogP contribution in [0, 0.1) is 0 Å². The molecule has 0 saturated heterocycles. The number of amides is 3. The van der Waals surface area contributed by atoms with Crippen LogP contribution < -0.4 is 5.32 Å². The van der Waals surface area contributed by atoms with Crippen molar-refractivity contribution in [3.63, 3.8) is 0 Å². The van der Waals surface area contributed by atoms with Crippen molar-refractivity contribution in [2.45, 2.75) is 19.1 Å². The molecule has 0 unspecified atom stereocenters. The molecule has 1 heterocycles. The predicted molar refractivity (Wildman–Crippen MR) is 86.5 cm³/mol. The number of fused-ring (bicyclic) bond motifs is 1. The van der Waals surface area contributed by atoms with Crippen molar-refractivity contribution < 1.29 is 27.6 Å². The van der Waals surface area contributed by atoms with Gasteiger partial charge in [0.2, 0.25) is 5.91 Å². The number of benzene rings is 2. The van der Waals surface area contributed by atoms with Crippen LogP contribution in [-0.2, 0) is 11.0 Å². The monoisotopic (exact) mass is 362 g/mol. The fraction of sp³-hybridized carbons (Fsp3) is 0.167. The van der Waals surface area contributed by atoms with Gasteiger partial charge >= 0.3 is 6.18 Å². The molecule has 2 aromatic rings. The lowest BCUT2D eigenvalue weighted by atomic mass is 10.1. The van der Waals surface area contributed by atoms with Crippen molar-refractivity contribution in [2.75, 3.05) is 5.32 Å². The Bertz CT molecular complexity index is 874. The van der Waals surface area contributed by atoms with Crippen LogP contribution in [0.25, 0.3) is 0 Å². The summed E-state index contributed by atoms with van der Waals surface area (Å²) in [5.74, 6) is -1.99. The maximum Gasteiger partial charge on any atom is 0.416 e. The van der Waals surface area contributed by atoms with Crippen molar-refractivity contribution in [1.82, 2.24) is 4.90 Å². The highest BCUT2D eigenvalue weighted by atomic mass is 19.4. The van der Waals surface area contributed by atoms with Gasteiger partial charge in [-0.15, -0.1) is 0 Å². The Labute approximate surface area is 146 Å². The summed E-state index contributed by atoms with van der Waals surface area (Å²) >= 11 is 0. The van der Waals surface area contributed by atoms with E-state index in [9.17, 15) is 27.6 Å². The summed E-state index contributed by atoms with van der Waals surface area (Å²) in [6.07, 6.45) is -4.55. The van der Waals surface area contributed by atoms with Gasteiger partial charge in [0.25, 0.3) is 11.8 Å². The highest BCUT2D eigenvalue weighted by Crippen LogP contribution is 2.31. The normalized spacial score (nSPS) is 15.0. The van der Waals surface area contributed by atoms with E-state index in [2.05, 4.69) is 5.32 Å². The smallest absolute Gasteiger partial charge is 0.324 e. The zero-order valence-corrected chi connectivity index (χ0v) is 13.5. The van der Waals surface area contributed by atoms with Crippen molar-refractivity contribution in [2.24, 2.45) is 0 Å². The first-order valence-electron chi connectivity index (χ1n) is 7.65. The summed E-state index contributed by atoms with van der Waals surface area (Å²) in [5, 5.41) is 2.31. The zero-order chi connectivity index (χ0) is 19.1. The highest BCUT2D eigenvalue weighted by molar-refractivity contribution is 6.23. The molecule has 0 saturated carbocycles. The number of hydrogen-bond donors (Lipinski definition) is 1. The second-order valence-electron chi connectivity index (χ2n) is 5.77. The van der Waals surface area contributed by atoms with Crippen molar-refractivity contribution in [3.05, 3.63) is 65.2 Å². The lowest BCUT2D eigenvalue weighted by Gasteiger charge is -2.22. The number of anilines is 1. The van der Waals surface area contributed by atoms with Crippen molar-refractivity contribution >= 4 is 23.4 Å². The molecule has 1 N–H and O–H groups in total. The third kappa shape index (κ3) is 3.05. The van der Waals surface area contributed by atoms with E-state index in [-0.39, 0.29) is 16.8 Å². The Morgan fingerprint density at radius 1 is 1.00 bits per heavy atom. The third-order valence-electron chi connectivity index (χ3n) is 4.05. The number of hydrogen-bond acceptors (Lipinski definition) is 3. The Hall–Kier alpha value is -3.16. The van der Waals surface area contributed by atoms with Crippen LogP contribution in [0.3, 0.4) is 0 Å². The minimum atomic E-state index is -4.55. The molecule has 0 aliphatic carbocycles. The first-order valence-corrected chi connectivity index (χ1v) is 7.65. The van der Waals surface area contributed by atoms with E-state index < -0.39 is 35.5 Å². The van der Waals surface area contributed by atoms with E-state index in [1.807, 2.05) is 0 Å². The summed E-state index contributed by atoms with van der Waals surface area (Å²) in [6.45, 7) is 1.34. The van der Waals surface area contributed by atoms with Crippen LogP contribution in [0.4, 0.5) is 18.9 Å². The molecule has 1 aliphatic rings. The van der Waals surface area contributed by atoms with Crippen LogP contribution in [0.1, 0.15) is 33.2 Å². The standard InChI is InChI=1S/C18H13F3N2O3/c1-10(23-16(25)13-7-2-3-8-14(13)17(23)26)15(24)22-12-6-4-5-11(9-12)18(19,20)21/h2-10H,1H3,(H,22,24)/t10-/m0/s1. The average molecular weight is 362 g/mol. The van der Waals surface area contributed by atoms with Crippen LogP contribution >= 0.6 is 0 Å². The summed E-state index contributed by atoms with van der Waals surface area (Å²) in [4.78, 5) is 37.9. The van der Waals surface area contributed by atoms with Crippen LogP contribution in [0.2, 0.25) is 0 Å². The third-order valence-corrected chi connectivity index (χ3v) is 4.05. The van der Waals surface area contributed by atoms with E-state index in [1.165, 1.54) is 25.1 Å². The maximum atomic E-state index is 12.8. The van der Waals surface area contributed by atoms with E-state index in [0.717, 1.165) is 23.1 Å². The van der Waals surface area contributed by atoms with Gasteiger partial charge in [0, 0.05) is 5.69 Å². The summed E-state index contributed by atoms with van der Waals surface area (Å²) in [7, 11) is 0. The number of nitrogens with zero attached hydrogens (tertiary/aromatic N) is 1. The van der Waals surface area contributed by atoms with E-state index in [4.69, 9.17) is 0 Å². The topological polar surface area (TPSA) is 66.5 Å². The molecule has 0 spiro atoms. The van der Waals surface area contributed by atoms with E-state index in [1.54, 1.807) is 12.1 Å². The molecule has 3 amide bonds. The fourth-order valence-electron chi connectivity index (χ4n) is 2.70. The second kappa shape index (κ2) is 6.29. The van der Waals surface area contributed by atoms with Gasteiger partial charge in [-0.2, -0.15) is 13.2 Å². The van der Waals surface area contributed by atoms with Gasteiger partial charge in [-0.05, 0) is 37.3 Å². The van der Waals surface area contributed by atoms with Crippen LogP contribution in [-0.4, -0.2) is 28.7 Å². The molecule has 0 aromatic heterocycles. The molecule has 0 radical (unpaired) electrons. The average Bonchev–Trinajstić information content (AvgIpc) is 2.85. The largest absolute Gasteiger partial charge is 0.416 e. The first kappa shape index (κ1) is 17.7. The molecule has 8 heteroatoms. The number of nitrogens with one attached hydrogen (secondary N) is 1. The Balaban J connectivity index is 1.80. The molecule has 0 fully saturated rings. The van der Waals surface area contributed by atoms with Crippen LogP contribution in [0.15, 0.2) is 48.5 Å². The number of imide groups is 1. The number of carbonyl (C=O) groups excluding carboxylic acids is 3. The molecule has 2 aromatic carbocycles. The minimum Gasteiger partial charge on any atom is -0.324 e. The summed E-state index contributed by atoms with van der Waals surface area (Å²) < 4.78 is 38.3. The fourth-order valence-corrected chi connectivity index (χ4v) is 2.70. The number of alkyl halides is 3. The van der Waals surface area contributed by atoms with Gasteiger partial charge in [-0.1, -0.05) is 18.2 Å². The van der Waals surface area contributed by atoms with Gasteiger partial charge in [0.05, 0.1) is 16.7 Å². The number of halogens is 3. The minimum absolute atomic E-state index is 0.0757. The molecule has 26 heavy (non-hydrogen) atoms. The summed E-state index contributed by atoms with van der Waals surface area (Å²) in [5.41, 5.74) is -0.607. The van der Waals surface area contributed by atoms with Crippen molar-refractivity contribution in [1.29, 1.82) is 0 Å². The zero-order valence-electron chi connectivity index (χ0n) is 13.5. The molecule has 1 aliphatic heterocycles. The molecule has 5 nitrogen and oxygen atoms in total. The number of rotatable bonds is 3. The predicted octanol–water partition coefficient (Wildman–Crippen LogP) is 3.33. The molecule has 1 atom stereocenters. The molecule has 134 valence electrons. The van der Waals surface area contributed by atoms with Gasteiger partial charge in [-0.25, -0.2) is 0 Å². The van der Waals surface area contributed by atoms with Gasteiger partial charge in [0.15, 0.2) is 0 Å². The second-order valence-corrected chi connectivity index (χ2v) is 5.77. The molecule has 3 rings (SSSR count). The van der Waals surface area contributed by atoms with Crippen molar-refractivity contribution in [3.8, 4) is 0 Å². The first-order chi connectivity index (χ1) is 12.2. The quantitative estimate of drug-likeness (QED) is 0.852. The lowest BCUT2D eigenvalue weighted by molar-refractivity contribution is -0.137. The Kier molecular flexibility index (Phi) is 4.27. The van der Waals surface area contributed by atoms with Crippen LogP contribution in [0.5, 0.6) is 0 Å². The number of carbonyl (C=O) groups is 3. The summed E-state index contributed by atoms with van der Waals surface area (Å²) in [6, 6.07) is 9.09. The molecular weight excluding hydrogens is 349 g/mol. The Morgan fingerprint density at radius 2 is 1.58 bits per heavy atom. The van der Waals surface area contributed by atoms with E-state index >= 15 is 0 Å². The maximum absolute atomic E-state index is 12.8. The van der Waals surface area contributed by atoms with E-state index in [0.29, 0.717) is 0 Å². The van der Waals surface area contributed by atoms with Gasteiger partial charge < -0.3 is 5.32 Å². The SMILES string of the molecule is C[C@@H](C(=O)Nc1cccc(C(F)(F)F)c1)N1C(=O)c2ccccc2C1=O. The molecule has 0 bridgehead atoms. The van der Waals surface area contributed by atoms with Gasteiger partial charge in [-0.3, -0.25) is 19.3 Å².